The van der Waals surface area contributed by atoms with E-state index in [-0.39, 0.29) is 24.0 Å². The third-order valence-electron chi connectivity index (χ3n) is 4.46. The Balaban J connectivity index is 1.81. The Labute approximate surface area is 111 Å². The number of hydrogen-bond donors (Lipinski definition) is 1. The molecule has 0 aromatic heterocycles. The Bertz CT molecular complexity index is 374. The second kappa shape index (κ2) is 4.20. The van der Waals surface area contributed by atoms with Crippen molar-refractivity contribution >= 4 is 17.5 Å². The first-order valence-electron chi connectivity index (χ1n) is 6.67. The van der Waals surface area contributed by atoms with Crippen LogP contribution in [0.5, 0.6) is 0 Å². The van der Waals surface area contributed by atoms with Crippen LogP contribution in [0.4, 0.5) is 0 Å². The molecule has 3 fully saturated rings. The minimum absolute atomic E-state index is 0.0892. The van der Waals surface area contributed by atoms with E-state index in [1.807, 2.05) is 11.8 Å². The maximum absolute atomic E-state index is 12.2. The van der Waals surface area contributed by atoms with E-state index < -0.39 is 17.7 Å². The van der Waals surface area contributed by atoms with Crippen LogP contribution in [-0.2, 0) is 14.3 Å². The van der Waals surface area contributed by atoms with E-state index in [4.69, 9.17) is 9.47 Å². The zero-order valence-corrected chi connectivity index (χ0v) is 11.7. The van der Waals surface area contributed by atoms with Gasteiger partial charge in [-0.3, -0.25) is 4.79 Å². The highest BCUT2D eigenvalue weighted by atomic mass is 32.2. The number of hydrogen-bond acceptors (Lipinski definition) is 5. The predicted molar refractivity (Wildman–Crippen MR) is 68.1 cm³/mol. The predicted octanol–water partition coefficient (Wildman–Crippen LogP) is 1.56. The maximum atomic E-state index is 12.2. The standard InChI is InChI=1S/C13H20O4S/c1-3-4-18-7-9-8-5-13(15)12(2,6-10(8)14)16-11(9)17-13/h8-9,11,15H,3-7H2,1-2H3/t8-,9+,11+,12+,13+/m1/s1. The summed E-state index contributed by atoms with van der Waals surface area (Å²) in [5, 5.41) is 10.5. The second-order valence-corrected chi connectivity index (χ2v) is 6.96. The quantitative estimate of drug-likeness (QED) is 0.787. The van der Waals surface area contributed by atoms with Gasteiger partial charge in [0, 0.05) is 30.4 Å². The van der Waals surface area contributed by atoms with Crippen molar-refractivity contribution in [2.24, 2.45) is 11.8 Å². The lowest BCUT2D eigenvalue weighted by Gasteiger charge is -2.45. The second-order valence-electron chi connectivity index (χ2n) is 5.81. The van der Waals surface area contributed by atoms with Crippen LogP contribution in [0.15, 0.2) is 0 Å². The van der Waals surface area contributed by atoms with Gasteiger partial charge in [0.2, 0.25) is 0 Å². The number of carbonyl (C=O) groups is 1. The summed E-state index contributed by atoms with van der Waals surface area (Å²) in [7, 11) is 0. The average Bonchev–Trinajstić information content (AvgIpc) is 2.46. The molecule has 1 saturated carbocycles. The van der Waals surface area contributed by atoms with E-state index in [9.17, 15) is 9.90 Å². The minimum Gasteiger partial charge on any atom is -0.363 e. The highest BCUT2D eigenvalue weighted by molar-refractivity contribution is 7.99. The summed E-state index contributed by atoms with van der Waals surface area (Å²) < 4.78 is 11.6. The first kappa shape index (κ1) is 12.9. The summed E-state index contributed by atoms with van der Waals surface area (Å²) in [5.41, 5.74) is -0.838. The summed E-state index contributed by atoms with van der Waals surface area (Å²) >= 11 is 1.84. The van der Waals surface area contributed by atoms with Crippen LogP contribution in [0.1, 0.15) is 33.1 Å². The van der Waals surface area contributed by atoms with Gasteiger partial charge in [0.05, 0.1) is 0 Å². The van der Waals surface area contributed by atoms with E-state index in [2.05, 4.69) is 6.92 Å². The normalized spacial score (nSPS) is 49.9. The summed E-state index contributed by atoms with van der Waals surface area (Å²) in [6.45, 7) is 3.94. The van der Waals surface area contributed by atoms with Gasteiger partial charge >= 0.3 is 0 Å². The smallest absolute Gasteiger partial charge is 0.198 e. The number of Topliss-reactive ketones (excluding diaryl/α,β-unsaturated/α-hetero) is 1. The topological polar surface area (TPSA) is 55.8 Å². The molecule has 1 aliphatic carbocycles. The molecule has 0 amide bonds. The molecule has 2 aliphatic heterocycles. The van der Waals surface area contributed by atoms with E-state index in [1.165, 1.54) is 0 Å². The molecule has 2 heterocycles. The molecule has 1 N–H and O–H groups in total. The summed E-state index contributed by atoms with van der Waals surface area (Å²) in [6, 6.07) is 0. The molecule has 3 rings (SSSR count). The van der Waals surface area contributed by atoms with Gasteiger partial charge in [-0.1, -0.05) is 6.92 Å². The number of rotatable bonds is 4. The molecule has 4 nitrogen and oxygen atoms in total. The van der Waals surface area contributed by atoms with Crippen LogP contribution in [0.2, 0.25) is 0 Å². The Kier molecular flexibility index (Phi) is 3.01. The number of ether oxygens (including phenoxy) is 2. The van der Waals surface area contributed by atoms with Gasteiger partial charge < -0.3 is 14.6 Å². The van der Waals surface area contributed by atoms with Crippen molar-refractivity contribution in [2.45, 2.75) is 50.8 Å². The SMILES string of the molecule is CCCSC[C@@H]1[C@H]2O[C@@]3(C)CC(=O)[C@@H]1C[C@]3(O)O2. The summed E-state index contributed by atoms with van der Waals surface area (Å²) in [5.74, 6) is 0.956. The van der Waals surface area contributed by atoms with Gasteiger partial charge in [0.15, 0.2) is 12.1 Å². The van der Waals surface area contributed by atoms with E-state index in [0.717, 1.165) is 17.9 Å². The molecular weight excluding hydrogens is 252 g/mol. The van der Waals surface area contributed by atoms with Crippen molar-refractivity contribution in [1.82, 2.24) is 0 Å². The molecule has 18 heavy (non-hydrogen) atoms. The average molecular weight is 272 g/mol. The van der Waals surface area contributed by atoms with Crippen LogP contribution in [-0.4, -0.2) is 40.1 Å². The molecular formula is C13H20O4S. The highest BCUT2D eigenvalue weighted by Gasteiger charge is 2.69. The molecule has 0 unspecified atom stereocenters. The van der Waals surface area contributed by atoms with Gasteiger partial charge in [-0.2, -0.15) is 11.8 Å². The van der Waals surface area contributed by atoms with Gasteiger partial charge in [0.25, 0.3) is 0 Å². The van der Waals surface area contributed by atoms with Crippen molar-refractivity contribution in [3.05, 3.63) is 0 Å². The number of fused-ring (bicyclic) bond motifs is 2. The molecule has 0 aromatic rings. The molecule has 3 bridgehead atoms. The van der Waals surface area contributed by atoms with Gasteiger partial charge in [-0.25, -0.2) is 0 Å². The Hall–Kier alpha value is -0.100. The van der Waals surface area contributed by atoms with E-state index >= 15 is 0 Å². The van der Waals surface area contributed by atoms with Crippen LogP contribution in [0.3, 0.4) is 0 Å². The Morgan fingerprint density at radius 1 is 1.50 bits per heavy atom. The number of thioether (sulfide) groups is 1. The van der Waals surface area contributed by atoms with Crippen LogP contribution >= 0.6 is 11.8 Å². The first-order valence-corrected chi connectivity index (χ1v) is 7.83. The Morgan fingerprint density at radius 3 is 3.00 bits per heavy atom. The zero-order valence-electron chi connectivity index (χ0n) is 10.8. The fourth-order valence-electron chi connectivity index (χ4n) is 3.32. The third kappa shape index (κ3) is 1.68. The minimum atomic E-state index is -1.25. The molecule has 5 atom stereocenters. The maximum Gasteiger partial charge on any atom is 0.198 e. The summed E-state index contributed by atoms with van der Waals surface area (Å²) in [6.07, 6.45) is 1.40. The number of aliphatic hydroxyl groups is 1. The van der Waals surface area contributed by atoms with Gasteiger partial charge in [-0.15, -0.1) is 0 Å². The zero-order chi connectivity index (χ0) is 13.0. The number of ketones is 1. The molecule has 3 aliphatic rings. The van der Waals surface area contributed by atoms with Crippen LogP contribution in [0.25, 0.3) is 0 Å². The Morgan fingerprint density at radius 2 is 2.28 bits per heavy atom. The van der Waals surface area contributed by atoms with Crippen LogP contribution < -0.4 is 0 Å². The van der Waals surface area contributed by atoms with Crippen molar-refractivity contribution < 1.29 is 19.4 Å². The molecule has 102 valence electrons. The fraction of sp³-hybridized carbons (Fsp3) is 0.923. The number of carbonyl (C=O) groups excluding carboxylic acids is 1. The highest BCUT2D eigenvalue weighted by Crippen LogP contribution is 2.56. The van der Waals surface area contributed by atoms with Gasteiger partial charge in [-0.05, 0) is 19.1 Å². The van der Waals surface area contributed by atoms with E-state index in [0.29, 0.717) is 6.42 Å². The van der Waals surface area contributed by atoms with Crippen LogP contribution in [0, 0.1) is 11.8 Å². The van der Waals surface area contributed by atoms with E-state index in [1.54, 1.807) is 6.92 Å². The van der Waals surface area contributed by atoms with Crippen molar-refractivity contribution in [3.63, 3.8) is 0 Å². The summed E-state index contributed by atoms with van der Waals surface area (Å²) in [4.78, 5) is 12.2. The molecule has 5 heteroatoms. The lowest BCUT2D eigenvalue weighted by molar-refractivity contribution is -0.266. The lowest BCUT2D eigenvalue weighted by Crippen LogP contribution is -2.59. The molecule has 0 spiro atoms. The first-order chi connectivity index (χ1) is 8.49. The van der Waals surface area contributed by atoms with Crippen molar-refractivity contribution in [2.75, 3.05) is 11.5 Å². The molecule has 0 aromatic carbocycles. The third-order valence-corrected chi connectivity index (χ3v) is 5.78. The van der Waals surface area contributed by atoms with Crippen molar-refractivity contribution in [1.29, 1.82) is 0 Å². The molecule has 2 saturated heterocycles. The fourth-order valence-corrected chi connectivity index (χ4v) is 4.44. The largest absolute Gasteiger partial charge is 0.363 e. The molecule has 0 radical (unpaired) electrons. The van der Waals surface area contributed by atoms with Gasteiger partial charge in [0.1, 0.15) is 11.4 Å². The monoisotopic (exact) mass is 272 g/mol. The van der Waals surface area contributed by atoms with Crippen molar-refractivity contribution in [3.8, 4) is 0 Å². The lowest BCUT2D eigenvalue weighted by atomic mass is 9.70.